The van der Waals surface area contributed by atoms with Crippen LogP contribution in [0.5, 0.6) is 0 Å². The average molecular weight is 489 g/mol. The average Bonchev–Trinajstić information content (AvgIpc) is 3.43. The molecule has 0 radical (unpaired) electrons. The van der Waals surface area contributed by atoms with Gasteiger partial charge in [0, 0.05) is 28.6 Å². The van der Waals surface area contributed by atoms with Crippen molar-refractivity contribution in [1.29, 1.82) is 0 Å². The molecule has 0 saturated carbocycles. The first-order chi connectivity index (χ1) is 14.5. The molecule has 1 aromatic carbocycles. The smallest absolute Gasteiger partial charge is 0.145 e. The molecule has 2 N–H and O–H groups in total. The number of rotatable bonds is 6. The Hall–Kier alpha value is -1.24. The van der Waals surface area contributed by atoms with E-state index >= 15 is 0 Å². The highest BCUT2D eigenvalue weighted by atomic mass is 35.5. The molecule has 2 aromatic heterocycles. The zero-order valence-corrected chi connectivity index (χ0v) is 18.8. The number of thioether (sulfide) groups is 1. The quantitative estimate of drug-likeness (QED) is 0.545. The van der Waals surface area contributed by atoms with Gasteiger partial charge in [-0.1, -0.05) is 40.2 Å². The first kappa shape index (κ1) is 22.0. The third-order valence-electron chi connectivity index (χ3n) is 4.70. The van der Waals surface area contributed by atoms with E-state index in [9.17, 15) is 10.2 Å². The molecule has 0 amide bonds. The number of halogens is 2. The second-order valence-corrected chi connectivity index (χ2v) is 9.40. The molecule has 30 heavy (non-hydrogen) atoms. The Balaban J connectivity index is 1.66. The highest BCUT2D eigenvalue weighted by Gasteiger charge is 2.47. The maximum Gasteiger partial charge on any atom is 0.145 e. The molecule has 4 rings (SSSR count). The third-order valence-corrected chi connectivity index (χ3v) is 7.38. The van der Waals surface area contributed by atoms with Gasteiger partial charge >= 0.3 is 0 Å². The SMILES string of the molecule is COC1C(Sc2cc(Cl)ccc2Cl)OC(CO)C(O)C1n1cc(-c2nccs2)nn1. The second kappa shape index (κ2) is 9.49. The van der Waals surface area contributed by atoms with Crippen LogP contribution in [-0.4, -0.2) is 67.7 Å². The molecular weight excluding hydrogens is 471 g/mol. The fourth-order valence-electron chi connectivity index (χ4n) is 3.27. The van der Waals surface area contributed by atoms with E-state index in [1.165, 1.54) is 34.9 Å². The fourth-order valence-corrected chi connectivity index (χ4v) is 5.58. The summed E-state index contributed by atoms with van der Waals surface area (Å²) in [6.07, 6.45) is 0.853. The Morgan fingerprint density at radius 2 is 2.20 bits per heavy atom. The third kappa shape index (κ3) is 4.37. The summed E-state index contributed by atoms with van der Waals surface area (Å²) in [7, 11) is 1.53. The first-order valence-corrected chi connectivity index (χ1v) is 11.4. The number of aliphatic hydroxyl groups excluding tert-OH is 2. The summed E-state index contributed by atoms with van der Waals surface area (Å²) in [6, 6.07) is 4.47. The minimum Gasteiger partial charge on any atom is -0.394 e. The van der Waals surface area contributed by atoms with Gasteiger partial charge in [0.15, 0.2) is 0 Å². The second-order valence-electron chi connectivity index (χ2n) is 6.52. The van der Waals surface area contributed by atoms with Gasteiger partial charge in [0.25, 0.3) is 0 Å². The van der Waals surface area contributed by atoms with Gasteiger partial charge in [-0.05, 0) is 18.2 Å². The van der Waals surface area contributed by atoms with Gasteiger partial charge in [0.05, 0.1) is 17.8 Å². The van der Waals surface area contributed by atoms with Gasteiger partial charge < -0.3 is 19.7 Å². The van der Waals surface area contributed by atoms with Crippen LogP contribution in [0.2, 0.25) is 10.0 Å². The number of nitrogens with zero attached hydrogens (tertiary/aromatic N) is 4. The van der Waals surface area contributed by atoms with Gasteiger partial charge in [0.2, 0.25) is 0 Å². The van der Waals surface area contributed by atoms with Crippen LogP contribution in [-0.2, 0) is 9.47 Å². The molecule has 160 valence electrons. The molecule has 8 nitrogen and oxygen atoms in total. The fraction of sp³-hybridized carbons (Fsp3) is 0.389. The summed E-state index contributed by atoms with van der Waals surface area (Å²) in [5, 5.41) is 32.6. The number of aromatic nitrogens is 4. The van der Waals surface area contributed by atoms with E-state index in [2.05, 4.69) is 15.3 Å². The predicted molar refractivity (Wildman–Crippen MR) is 115 cm³/mol. The summed E-state index contributed by atoms with van der Waals surface area (Å²) >= 11 is 15.2. The van der Waals surface area contributed by atoms with E-state index in [-0.39, 0.29) is 6.61 Å². The van der Waals surface area contributed by atoms with Crippen LogP contribution in [0.1, 0.15) is 6.04 Å². The number of thiazole rings is 1. The Bertz CT molecular complexity index is 990. The summed E-state index contributed by atoms with van der Waals surface area (Å²) < 4.78 is 13.2. The number of hydrogen-bond donors (Lipinski definition) is 2. The number of ether oxygens (including phenoxy) is 2. The molecule has 1 saturated heterocycles. The molecule has 0 spiro atoms. The molecule has 3 aromatic rings. The Morgan fingerprint density at radius 1 is 1.37 bits per heavy atom. The molecular formula is C18H18Cl2N4O4S2. The maximum atomic E-state index is 10.9. The van der Waals surface area contributed by atoms with Crippen LogP contribution in [0.4, 0.5) is 0 Å². The van der Waals surface area contributed by atoms with Crippen LogP contribution in [0.15, 0.2) is 40.9 Å². The topological polar surface area (TPSA) is 103 Å². The van der Waals surface area contributed by atoms with Crippen LogP contribution >= 0.6 is 46.3 Å². The first-order valence-electron chi connectivity index (χ1n) is 8.92. The monoisotopic (exact) mass is 488 g/mol. The lowest BCUT2D eigenvalue weighted by atomic mass is 9.97. The summed E-state index contributed by atoms with van der Waals surface area (Å²) in [5.41, 5.74) is -0.00906. The van der Waals surface area contributed by atoms with E-state index in [1.807, 2.05) is 5.38 Å². The van der Waals surface area contributed by atoms with Gasteiger partial charge in [-0.3, -0.25) is 0 Å². The molecule has 5 unspecified atom stereocenters. The number of hydrogen-bond acceptors (Lipinski definition) is 9. The Morgan fingerprint density at radius 3 is 2.90 bits per heavy atom. The Labute approximate surface area is 190 Å². The molecule has 1 aliphatic heterocycles. The van der Waals surface area contributed by atoms with E-state index in [0.29, 0.717) is 25.6 Å². The van der Waals surface area contributed by atoms with Gasteiger partial charge in [-0.15, -0.1) is 16.4 Å². The van der Waals surface area contributed by atoms with E-state index in [1.54, 1.807) is 30.6 Å². The number of methoxy groups -OCH3 is 1. The van der Waals surface area contributed by atoms with Crippen molar-refractivity contribution in [2.24, 2.45) is 0 Å². The molecule has 0 bridgehead atoms. The minimum absolute atomic E-state index is 0.373. The van der Waals surface area contributed by atoms with Crippen molar-refractivity contribution in [2.45, 2.75) is 34.7 Å². The van der Waals surface area contributed by atoms with Crippen molar-refractivity contribution in [1.82, 2.24) is 20.0 Å². The van der Waals surface area contributed by atoms with Crippen molar-refractivity contribution in [2.75, 3.05) is 13.7 Å². The van der Waals surface area contributed by atoms with Crippen LogP contribution < -0.4 is 0 Å². The van der Waals surface area contributed by atoms with Crippen LogP contribution in [0, 0.1) is 0 Å². The van der Waals surface area contributed by atoms with E-state index in [0.717, 1.165) is 0 Å². The minimum atomic E-state index is -1.07. The zero-order chi connectivity index (χ0) is 21.3. The standard InChI is InChI=1S/C18H18Cl2N4O4S2/c1-27-16-14(24-7-11(22-23-24)17-21-4-5-29-17)15(26)12(8-25)28-18(16)30-13-6-9(19)2-3-10(13)20/h2-7,12,14-16,18,25-26H,8H2,1H3. The highest BCUT2D eigenvalue weighted by Crippen LogP contribution is 2.42. The van der Waals surface area contributed by atoms with E-state index in [4.69, 9.17) is 32.7 Å². The molecule has 0 aliphatic carbocycles. The zero-order valence-electron chi connectivity index (χ0n) is 15.6. The van der Waals surface area contributed by atoms with Crippen molar-refractivity contribution in [3.63, 3.8) is 0 Å². The largest absolute Gasteiger partial charge is 0.394 e. The summed E-state index contributed by atoms with van der Waals surface area (Å²) in [6.45, 7) is -0.373. The molecule has 1 fully saturated rings. The summed E-state index contributed by atoms with van der Waals surface area (Å²) in [5.74, 6) is 0. The van der Waals surface area contributed by atoms with Crippen LogP contribution in [0.25, 0.3) is 10.7 Å². The molecule has 12 heteroatoms. The van der Waals surface area contributed by atoms with Crippen molar-refractivity contribution < 1.29 is 19.7 Å². The van der Waals surface area contributed by atoms with Crippen molar-refractivity contribution in [3.8, 4) is 10.7 Å². The van der Waals surface area contributed by atoms with Gasteiger partial charge in [-0.25, -0.2) is 9.67 Å². The van der Waals surface area contributed by atoms with Crippen molar-refractivity contribution >= 4 is 46.3 Å². The van der Waals surface area contributed by atoms with Gasteiger partial charge in [-0.2, -0.15) is 0 Å². The number of aliphatic hydroxyl groups is 2. The molecule has 3 heterocycles. The lowest BCUT2D eigenvalue weighted by Crippen LogP contribution is -2.55. The Kier molecular flexibility index (Phi) is 6.95. The highest BCUT2D eigenvalue weighted by molar-refractivity contribution is 8.00. The van der Waals surface area contributed by atoms with E-state index < -0.39 is 29.8 Å². The lowest BCUT2D eigenvalue weighted by molar-refractivity contribution is -0.186. The maximum absolute atomic E-state index is 10.9. The normalized spacial score (nSPS) is 26.8. The van der Waals surface area contributed by atoms with Crippen molar-refractivity contribution in [3.05, 3.63) is 46.0 Å². The lowest BCUT2D eigenvalue weighted by Gasteiger charge is -2.43. The van der Waals surface area contributed by atoms with Crippen LogP contribution in [0.3, 0.4) is 0 Å². The predicted octanol–water partition coefficient (Wildman–Crippen LogP) is 3.13. The molecule has 1 aliphatic rings. The molecule has 5 atom stereocenters. The van der Waals surface area contributed by atoms with Gasteiger partial charge in [0.1, 0.15) is 40.5 Å². The number of benzene rings is 1. The summed E-state index contributed by atoms with van der Waals surface area (Å²) in [4.78, 5) is 4.94.